The third-order valence-electron chi connectivity index (χ3n) is 7.13. The van der Waals surface area contributed by atoms with E-state index in [1.807, 2.05) is 21.9 Å². The quantitative estimate of drug-likeness (QED) is 0.703. The van der Waals surface area contributed by atoms with Gasteiger partial charge in [-0.25, -0.2) is 0 Å². The van der Waals surface area contributed by atoms with Crippen LogP contribution in [-0.2, 0) is 0 Å². The van der Waals surface area contributed by atoms with E-state index in [9.17, 15) is 9.59 Å². The van der Waals surface area contributed by atoms with Gasteiger partial charge < -0.3 is 19.8 Å². The minimum Gasteiger partial charge on any atom is -0.352 e. The number of hydrogen-bond donors (Lipinski definition) is 2. The summed E-state index contributed by atoms with van der Waals surface area (Å²) in [6, 6.07) is 7.29. The molecule has 4 rings (SSSR count). The summed E-state index contributed by atoms with van der Waals surface area (Å²) in [4.78, 5) is 34.6. The van der Waals surface area contributed by atoms with Crippen LogP contribution >= 0.6 is 0 Å². The van der Waals surface area contributed by atoms with E-state index in [0.717, 1.165) is 51.9 Å². The Hall–Kier alpha value is -3.52. The van der Waals surface area contributed by atoms with Gasteiger partial charge in [-0.3, -0.25) is 9.59 Å². The number of piperidine rings is 2. The highest BCUT2D eigenvalue weighted by Crippen LogP contribution is 2.28. The molecule has 33 heavy (non-hydrogen) atoms. The first kappa shape index (κ1) is 22.7. The number of nitriles is 2. The van der Waals surface area contributed by atoms with Crippen molar-refractivity contribution in [3.8, 4) is 12.1 Å². The lowest BCUT2D eigenvalue weighted by molar-refractivity contribution is 0.0680. The monoisotopic (exact) mass is 446 g/mol. The number of amides is 2. The summed E-state index contributed by atoms with van der Waals surface area (Å²) in [5, 5.41) is 17.8. The molecule has 2 fully saturated rings. The summed E-state index contributed by atoms with van der Waals surface area (Å²) in [6.07, 6.45) is 11.0. The van der Waals surface area contributed by atoms with Crippen molar-refractivity contribution in [3.05, 3.63) is 47.0 Å². The molecule has 4 heterocycles. The summed E-state index contributed by atoms with van der Waals surface area (Å²) in [5.41, 5.74) is 1.97. The van der Waals surface area contributed by atoms with Crippen LogP contribution in [0.15, 0.2) is 24.5 Å². The lowest BCUT2D eigenvalue weighted by Gasteiger charge is -2.33. The Morgan fingerprint density at radius 3 is 1.52 bits per heavy atom. The van der Waals surface area contributed by atoms with Crippen molar-refractivity contribution >= 4 is 11.8 Å². The highest BCUT2D eigenvalue weighted by Gasteiger charge is 2.26. The summed E-state index contributed by atoms with van der Waals surface area (Å²) in [5.74, 6) is 1.35. The summed E-state index contributed by atoms with van der Waals surface area (Å²) < 4.78 is 0. The molecule has 2 aliphatic heterocycles. The molecule has 0 spiro atoms. The van der Waals surface area contributed by atoms with E-state index >= 15 is 0 Å². The van der Waals surface area contributed by atoms with Gasteiger partial charge in [0, 0.05) is 38.6 Å². The zero-order chi connectivity index (χ0) is 23.2. The van der Waals surface area contributed by atoms with E-state index < -0.39 is 0 Å². The number of aromatic amines is 2. The second-order valence-electron chi connectivity index (χ2n) is 9.23. The van der Waals surface area contributed by atoms with Gasteiger partial charge in [-0.15, -0.1) is 0 Å². The summed E-state index contributed by atoms with van der Waals surface area (Å²) in [6.45, 7) is 3.13. The molecule has 8 heteroatoms. The zero-order valence-corrected chi connectivity index (χ0v) is 18.8. The summed E-state index contributed by atoms with van der Waals surface area (Å²) >= 11 is 0. The molecule has 2 amide bonds. The first-order valence-corrected chi connectivity index (χ1v) is 11.8. The molecule has 0 aliphatic carbocycles. The number of nitrogens with zero attached hydrogens (tertiary/aromatic N) is 4. The third kappa shape index (κ3) is 5.46. The number of carbonyl (C=O) groups excluding carboxylic acids is 2. The molecule has 2 aromatic rings. The minimum absolute atomic E-state index is 0.0102. The average Bonchev–Trinajstić information content (AvgIpc) is 3.54. The van der Waals surface area contributed by atoms with E-state index in [2.05, 4.69) is 9.97 Å². The Labute approximate surface area is 194 Å². The normalized spacial score (nSPS) is 17.5. The molecular weight excluding hydrogens is 416 g/mol. The molecule has 2 saturated heterocycles. The highest BCUT2D eigenvalue weighted by atomic mass is 16.2. The van der Waals surface area contributed by atoms with Crippen molar-refractivity contribution in [2.24, 2.45) is 11.8 Å². The predicted octanol–water partition coefficient (Wildman–Crippen LogP) is 3.66. The molecule has 2 N–H and O–H groups in total. The Kier molecular flexibility index (Phi) is 7.14. The molecule has 0 unspecified atom stereocenters. The number of rotatable bonds is 6. The van der Waals surface area contributed by atoms with E-state index in [1.165, 1.54) is 19.3 Å². The van der Waals surface area contributed by atoms with E-state index in [0.29, 0.717) is 34.4 Å². The van der Waals surface area contributed by atoms with Crippen LogP contribution in [0.1, 0.15) is 77.0 Å². The number of hydrogen-bond acceptors (Lipinski definition) is 4. The number of carbonyl (C=O) groups is 2. The Bertz CT molecular complexity index is 971. The van der Waals surface area contributed by atoms with Gasteiger partial charge in [0.05, 0.1) is 11.1 Å². The topological polar surface area (TPSA) is 120 Å². The predicted molar refractivity (Wildman–Crippen MR) is 122 cm³/mol. The fourth-order valence-electron chi connectivity index (χ4n) is 5.07. The maximum Gasteiger partial charge on any atom is 0.255 e. The smallest absolute Gasteiger partial charge is 0.255 e. The SMILES string of the molecule is N#Cc1cc(C(=O)N2CCC(CCCC3CCN(C(=O)c4c[nH]c(C#N)c4)CC3)CC2)c[nH]1. The fourth-order valence-corrected chi connectivity index (χ4v) is 5.07. The lowest BCUT2D eigenvalue weighted by Crippen LogP contribution is -2.38. The Morgan fingerprint density at radius 1 is 0.788 bits per heavy atom. The van der Waals surface area contributed by atoms with E-state index in [1.54, 1.807) is 24.5 Å². The van der Waals surface area contributed by atoms with Gasteiger partial charge in [0.2, 0.25) is 0 Å². The third-order valence-corrected chi connectivity index (χ3v) is 7.13. The molecule has 0 radical (unpaired) electrons. The van der Waals surface area contributed by atoms with Crippen LogP contribution < -0.4 is 0 Å². The Balaban J connectivity index is 1.13. The van der Waals surface area contributed by atoms with Gasteiger partial charge in [0.1, 0.15) is 23.5 Å². The van der Waals surface area contributed by atoms with E-state index in [4.69, 9.17) is 10.5 Å². The summed E-state index contributed by atoms with van der Waals surface area (Å²) in [7, 11) is 0. The van der Waals surface area contributed by atoms with Crippen molar-refractivity contribution in [1.29, 1.82) is 10.5 Å². The van der Waals surface area contributed by atoms with Crippen molar-refractivity contribution in [2.75, 3.05) is 26.2 Å². The van der Waals surface area contributed by atoms with Gasteiger partial charge in [-0.05, 0) is 49.7 Å². The Morgan fingerprint density at radius 2 is 1.18 bits per heavy atom. The molecule has 8 nitrogen and oxygen atoms in total. The largest absolute Gasteiger partial charge is 0.352 e. The molecule has 172 valence electrons. The van der Waals surface area contributed by atoms with Crippen LogP contribution in [-0.4, -0.2) is 57.8 Å². The second-order valence-corrected chi connectivity index (χ2v) is 9.23. The molecule has 0 saturated carbocycles. The minimum atomic E-state index is 0.0102. The number of likely N-dealkylation sites (tertiary alicyclic amines) is 2. The molecule has 0 aromatic carbocycles. The first-order valence-electron chi connectivity index (χ1n) is 11.8. The fraction of sp³-hybridized carbons (Fsp3) is 0.520. The van der Waals surface area contributed by atoms with Crippen LogP contribution in [0.3, 0.4) is 0 Å². The van der Waals surface area contributed by atoms with Gasteiger partial charge in [-0.1, -0.05) is 19.3 Å². The van der Waals surface area contributed by atoms with Crippen LogP contribution in [0.5, 0.6) is 0 Å². The molecule has 2 aromatic heterocycles. The number of nitrogens with one attached hydrogen (secondary N) is 2. The maximum atomic E-state index is 12.6. The zero-order valence-electron chi connectivity index (χ0n) is 18.8. The van der Waals surface area contributed by atoms with Gasteiger partial charge >= 0.3 is 0 Å². The van der Waals surface area contributed by atoms with Crippen LogP contribution in [0.2, 0.25) is 0 Å². The van der Waals surface area contributed by atoms with Crippen LogP contribution in [0.25, 0.3) is 0 Å². The van der Waals surface area contributed by atoms with Crippen molar-refractivity contribution in [3.63, 3.8) is 0 Å². The first-order chi connectivity index (χ1) is 16.1. The molecule has 0 bridgehead atoms. The molecule has 2 aliphatic rings. The van der Waals surface area contributed by atoms with Gasteiger partial charge in [0.15, 0.2) is 0 Å². The average molecular weight is 447 g/mol. The lowest BCUT2D eigenvalue weighted by atomic mass is 9.86. The van der Waals surface area contributed by atoms with Crippen molar-refractivity contribution < 1.29 is 9.59 Å². The standard InChI is InChI=1S/C25H30N6O2/c26-14-22-12-20(16-28-22)24(32)30-8-4-18(5-9-30)2-1-3-19-6-10-31(11-7-19)25(33)21-13-23(15-27)29-17-21/h12-13,16-19,28-29H,1-11H2. The number of aromatic nitrogens is 2. The van der Waals surface area contributed by atoms with Gasteiger partial charge in [0.25, 0.3) is 11.8 Å². The molecule has 0 atom stereocenters. The molecular formula is C25H30N6O2. The van der Waals surface area contributed by atoms with Crippen molar-refractivity contribution in [2.45, 2.75) is 44.9 Å². The van der Waals surface area contributed by atoms with E-state index in [-0.39, 0.29) is 11.8 Å². The second kappa shape index (κ2) is 10.4. The van der Waals surface area contributed by atoms with Gasteiger partial charge in [-0.2, -0.15) is 10.5 Å². The van der Waals surface area contributed by atoms with Crippen LogP contribution in [0.4, 0.5) is 0 Å². The van der Waals surface area contributed by atoms with Crippen LogP contribution in [0, 0.1) is 34.5 Å². The maximum absolute atomic E-state index is 12.6. The number of H-pyrrole nitrogens is 2. The van der Waals surface area contributed by atoms with Crippen molar-refractivity contribution in [1.82, 2.24) is 19.8 Å². The highest BCUT2D eigenvalue weighted by molar-refractivity contribution is 5.95.